The lowest BCUT2D eigenvalue weighted by atomic mass is 9.79. The van der Waals surface area contributed by atoms with E-state index in [1.165, 1.54) is 33.7 Å². The van der Waals surface area contributed by atoms with Crippen molar-refractivity contribution in [3.05, 3.63) is 130 Å². The number of nitrogens with one attached hydrogen (secondary N) is 1. The SMILES string of the molecule is CCCCCN1C(=CC=C2CCCC(C=CC3=[N+](CCCCS(=O)(=O)O)c4ccc(OC)cc4C3(C)C)=C2c2ccc(CCC(=O)CCCCCCNC(=O)OC(C)(C)C)cc2)Cc2cc(CO)ccc21. The summed E-state index contributed by atoms with van der Waals surface area (Å²) < 4.78 is 46.0. The predicted molar refractivity (Wildman–Crippen MR) is 288 cm³/mol. The van der Waals surface area contributed by atoms with E-state index in [0.29, 0.717) is 45.2 Å². The van der Waals surface area contributed by atoms with Crippen LogP contribution in [0.2, 0.25) is 0 Å². The number of hydrogen-bond donors (Lipinski definition) is 3. The average Bonchev–Trinajstić information content (AvgIpc) is 3.78. The van der Waals surface area contributed by atoms with Crippen LogP contribution < -0.4 is 15.0 Å². The number of carbonyl (C=O) groups excluding carboxylic acids is 2. The predicted octanol–water partition coefficient (Wildman–Crippen LogP) is 12.5. The number of ketones is 1. The van der Waals surface area contributed by atoms with Gasteiger partial charge in [-0.2, -0.15) is 13.0 Å². The number of rotatable bonds is 25. The summed E-state index contributed by atoms with van der Waals surface area (Å²) in [4.78, 5) is 27.4. The Morgan fingerprint density at radius 3 is 2.35 bits per heavy atom. The Bertz CT molecular complexity index is 2610. The summed E-state index contributed by atoms with van der Waals surface area (Å²) in [5.74, 6) is 0.781. The molecule has 0 spiro atoms. The average molecular weight is 991 g/mol. The van der Waals surface area contributed by atoms with Gasteiger partial charge in [0.2, 0.25) is 5.69 Å². The molecule has 2 heterocycles. The van der Waals surface area contributed by atoms with Gasteiger partial charge in [-0.25, -0.2) is 4.79 Å². The lowest BCUT2D eigenvalue weighted by Crippen LogP contribution is -2.32. The minimum atomic E-state index is -4.06. The number of ether oxygens (including phenoxy) is 2. The van der Waals surface area contributed by atoms with Gasteiger partial charge >= 0.3 is 6.09 Å². The van der Waals surface area contributed by atoms with Crippen LogP contribution in [-0.2, 0) is 44.5 Å². The Kier molecular flexibility index (Phi) is 19.7. The minimum Gasteiger partial charge on any atom is -0.497 e. The van der Waals surface area contributed by atoms with E-state index in [4.69, 9.17) is 9.47 Å². The zero-order valence-corrected chi connectivity index (χ0v) is 44.4. The van der Waals surface area contributed by atoms with E-state index >= 15 is 0 Å². The van der Waals surface area contributed by atoms with Gasteiger partial charge in [0, 0.05) is 67.9 Å². The van der Waals surface area contributed by atoms with E-state index < -0.39 is 21.8 Å². The molecule has 0 radical (unpaired) electrons. The molecule has 3 aromatic carbocycles. The summed E-state index contributed by atoms with van der Waals surface area (Å²) in [5.41, 5.74) is 13.1. The first kappa shape index (κ1) is 55.0. The number of benzene rings is 3. The van der Waals surface area contributed by atoms with Crippen molar-refractivity contribution in [1.29, 1.82) is 0 Å². The van der Waals surface area contributed by atoms with Crippen LogP contribution in [0.3, 0.4) is 0 Å². The molecule has 3 aliphatic rings. The smallest absolute Gasteiger partial charge is 0.407 e. The lowest BCUT2D eigenvalue weighted by Gasteiger charge is -2.24. The molecule has 1 amide bonds. The zero-order valence-electron chi connectivity index (χ0n) is 43.6. The van der Waals surface area contributed by atoms with E-state index in [-0.39, 0.29) is 23.6 Å². The zero-order chi connectivity index (χ0) is 51.2. The van der Waals surface area contributed by atoms with E-state index in [1.54, 1.807) is 7.11 Å². The normalized spacial score (nSPS) is 16.9. The number of allylic oxidation sites excluding steroid dienone is 8. The van der Waals surface area contributed by atoms with Crippen LogP contribution in [0.5, 0.6) is 5.75 Å². The van der Waals surface area contributed by atoms with Gasteiger partial charge in [0.05, 0.1) is 24.9 Å². The van der Waals surface area contributed by atoms with Gasteiger partial charge in [-0.05, 0) is 149 Å². The molecule has 0 fully saturated rings. The molecule has 2 aliphatic heterocycles. The Labute approximate surface area is 424 Å². The number of carbonyl (C=O) groups is 2. The Balaban J connectivity index is 1.27. The number of hydrogen-bond acceptors (Lipinski definition) is 8. The number of nitrogens with zero attached hydrogens (tertiary/aromatic N) is 2. The number of anilines is 1. The highest BCUT2D eigenvalue weighted by atomic mass is 32.2. The quantitative estimate of drug-likeness (QED) is 0.0429. The lowest BCUT2D eigenvalue weighted by molar-refractivity contribution is -0.438. The summed E-state index contributed by atoms with van der Waals surface area (Å²) >= 11 is 0. The van der Waals surface area contributed by atoms with Crippen LogP contribution >= 0.6 is 0 Å². The molecule has 3 N–H and O–H groups in total. The number of unbranched alkanes of at least 4 members (excludes halogenated alkanes) is 6. The van der Waals surface area contributed by atoms with Gasteiger partial charge in [-0.3, -0.25) is 9.35 Å². The van der Waals surface area contributed by atoms with Crippen molar-refractivity contribution >= 4 is 44.7 Å². The largest absolute Gasteiger partial charge is 0.497 e. The molecule has 6 rings (SSSR count). The van der Waals surface area contributed by atoms with Crippen LogP contribution in [0, 0.1) is 0 Å². The number of Topliss-reactive ketones (excluding diaryl/α,β-unsaturated/α-hetero) is 1. The summed E-state index contributed by atoms with van der Waals surface area (Å²) in [6.45, 7) is 14.4. The number of aryl methyl sites for hydroxylation is 1. The second-order valence-electron chi connectivity index (χ2n) is 21.0. The van der Waals surface area contributed by atoms with Crippen LogP contribution in [0.4, 0.5) is 16.2 Å². The van der Waals surface area contributed by atoms with Gasteiger partial charge < -0.3 is 24.8 Å². The number of fused-ring (bicyclic) bond motifs is 2. The van der Waals surface area contributed by atoms with Crippen molar-refractivity contribution < 1.29 is 41.7 Å². The van der Waals surface area contributed by atoms with Gasteiger partial charge in [0.15, 0.2) is 5.71 Å². The fraction of sp³-hybridized carbons (Fsp3) is 0.508. The molecule has 0 unspecified atom stereocenters. The Morgan fingerprint density at radius 2 is 1.63 bits per heavy atom. The summed E-state index contributed by atoms with van der Waals surface area (Å²) in [7, 11) is -2.38. The summed E-state index contributed by atoms with van der Waals surface area (Å²) in [6, 6.07) is 21.3. The van der Waals surface area contributed by atoms with Crippen LogP contribution in [0.25, 0.3) is 5.57 Å². The molecule has 1 aliphatic carbocycles. The molecule has 0 bridgehead atoms. The number of methoxy groups -OCH3 is 1. The Morgan fingerprint density at radius 1 is 0.873 bits per heavy atom. The molecular formula is C59H80N3O8S+. The van der Waals surface area contributed by atoms with E-state index in [0.717, 1.165) is 117 Å². The first-order chi connectivity index (χ1) is 33.9. The maximum atomic E-state index is 13.0. The maximum absolute atomic E-state index is 13.0. The molecule has 0 atom stereocenters. The fourth-order valence-corrected chi connectivity index (χ4v) is 10.7. The topological polar surface area (TPSA) is 145 Å². The highest BCUT2D eigenvalue weighted by molar-refractivity contribution is 7.85. The number of aliphatic hydroxyl groups is 1. The molecule has 11 nitrogen and oxygen atoms in total. The van der Waals surface area contributed by atoms with E-state index in [2.05, 4.69) is 108 Å². The first-order valence-corrected chi connectivity index (χ1v) is 27.7. The fourth-order valence-electron chi connectivity index (χ4n) is 10.2. The van der Waals surface area contributed by atoms with Crippen LogP contribution in [0.15, 0.2) is 102 Å². The van der Waals surface area contributed by atoms with Crippen molar-refractivity contribution in [2.75, 3.05) is 37.4 Å². The van der Waals surface area contributed by atoms with Crippen molar-refractivity contribution in [3.8, 4) is 5.75 Å². The van der Waals surface area contributed by atoms with Gasteiger partial charge in [-0.1, -0.05) is 81.2 Å². The van der Waals surface area contributed by atoms with E-state index in [9.17, 15) is 27.7 Å². The summed E-state index contributed by atoms with van der Waals surface area (Å²) in [6.07, 6.45) is 22.1. The van der Waals surface area contributed by atoms with Gasteiger partial charge in [0.25, 0.3) is 10.1 Å². The van der Waals surface area contributed by atoms with Crippen LogP contribution in [-0.4, -0.2) is 78.3 Å². The van der Waals surface area contributed by atoms with E-state index in [1.807, 2.05) is 32.9 Å². The van der Waals surface area contributed by atoms with Crippen molar-refractivity contribution in [2.45, 2.75) is 162 Å². The minimum absolute atomic E-state index is 0.0212. The number of amides is 1. The van der Waals surface area contributed by atoms with Crippen molar-refractivity contribution in [2.24, 2.45) is 0 Å². The highest BCUT2D eigenvalue weighted by Gasteiger charge is 2.44. The first-order valence-electron chi connectivity index (χ1n) is 26.1. The van der Waals surface area contributed by atoms with Gasteiger partial charge in [0.1, 0.15) is 23.7 Å². The molecule has 12 heteroatoms. The molecule has 3 aromatic rings. The molecule has 71 heavy (non-hydrogen) atoms. The third-order valence-electron chi connectivity index (χ3n) is 13.9. The second kappa shape index (κ2) is 25.4. The standard InChI is InChI=1S/C59H79N3O8S/c1-8-9-14-36-61-49(40-48-39-44(42-63)24-32-53(48)61)29-27-45-18-17-19-46(28-34-55-59(5,6)52-41-51(69-7)31-33-54(52)62(55)37-15-16-38-71(66,67)68)56(45)47-25-21-43(22-26-47)23-30-50(64)20-12-10-11-13-35-60-57(65)70-58(2,3)4/h21-22,24-29,31-34,39,41,63H,8-20,23,30,35-38,40,42H2,1-7H3,(H-,60,65,66,67,68)/p+1. The van der Waals surface area contributed by atoms with Crippen molar-refractivity contribution in [3.63, 3.8) is 0 Å². The second-order valence-corrected chi connectivity index (χ2v) is 22.5. The molecular weight excluding hydrogens is 911 g/mol. The number of aliphatic hydroxyl groups excluding tert-OH is 1. The van der Waals surface area contributed by atoms with Crippen molar-refractivity contribution in [1.82, 2.24) is 5.32 Å². The maximum Gasteiger partial charge on any atom is 0.407 e. The van der Waals surface area contributed by atoms with Crippen LogP contribution in [0.1, 0.15) is 159 Å². The monoisotopic (exact) mass is 991 g/mol. The summed E-state index contributed by atoms with van der Waals surface area (Å²) in [5, 5.41) is 12.8. The third-order valence-corrected chi connectivity index (χ3v) is 14.7. The number of alkyl carbamates (subject to hydrolysis) is 1. The van der Waals surface area contributed by atoms with Gasteiger partial charge in [-0.15, -0.1) is 0 Å². The Hall–Kier alpha value is -5.30. The molecule has 0 saturated heterocycles. The molecule has 0 saturated carbocycles. The highest BCUT2D eigenvalue weighted by Crippen LogP contribution is 2.44. The third kappa shape index (κ3) is 15.6. The molecule has 384 valence electrons. The molecule has 0 aromatic heterocycles.